The molecule has 0 radical (unpaired) electrons. The highest BCUT2D eigenvalue weighted by atomic mass is 79.9. The first-order valence-electron chi connectivity index (χ1n) is 6.08. The lowest BCUT2D eigenvalue weighted by atomic mass is 10.2. The molecule has 2 heterocycles. The first-order valence-corrected chi connectivity index (χ1v) is 8.57. The minimum atomic E-state index is -0.0316. The van der Waals surface area contributed by atoms with Crippen molar-refractivity contribution in [2.75, 3.05) is 6.54 Å². The summed E-state index contributed by atoms with van der Waals surface area (Å²) in [6.07, 6.45) is 0.852. The Bertz CT molecular complexity index is 750. The number of nitrogens with one attached hydrogen (secondary N) is 1. The third kappa shape index (κ3) is 3.08. The summed E-state index contributed by atoms with van der Waals surface area (Å²) in [5.74, 6) is -0.0316. The molecular weight excluding hydrogens is 356 g/mol. The maximum absolute atomic E-state index is 12.1. The summed E-state index contributed by atoms with van der Waals surface area (Å²) in [5.41, 5.74) is 3.42. The summed E-state index contributed by atoms with van der Waals surface area (Å²) < 4.78 is 2.16. The van der Waals surface area contributed by atoms with Crippen molar-refractivity contribution in [1.29, 1.82) is 0 Å². The van der Waals surface area contributed by atoms with Crippen molar-refractivity contribution in [3.05, 3.63) is 50.1 Å². The van der Waals surface area contributed by atoms with Gasteiger partial charge in [-0.25, -0.2) is 4.98 Å². The van der Waals surface area contributed by atoms with Gasteiger partial charge in [-0.1, -0.05) is 0 Å². The summed E-state index contributed by atoms with van der Waals surface area (Å²) in [5, 5.41) is 2.95. The number of thiophene rings is 1. The third-order valence-electron chi connectivity index (χ3n) is 2.88. The van der Waals surface area contributed by atoms with Crippen LogP contribution in [0.4, 0.5) is 0 Å². The molecule has 1 amide bonds. The topological polar surface area (TPSA) is 42.0 Å². The summed E-state index contributed by atoms with van der Waals surface area (Å²) in [6.45, 7) is 0.645. The molecule has 0 bridgehead atoms. The summed E-state index contributed by atoms with van der Waals surface area (Å²) in [7, 11) is 0. The monoisotopic (exact) mass is 366 g/mol. The van der Waals surface area contributed by atoms with E-state index in [2.05, 4.69) is 32.3 Å². The number of hydrogen-bond acceptors (Lipinski definition) is 4. The molecule has 20 heavy (non-hydrogen) atoms. The number of thiazole rings is 1. The Balaban J connectivity index is 1.61. The zero-order valence-electron chi connectivity index (χ0n) is 10.4. The van der Waals surface area contributed by atoms with Gasteiger partial charge in [-0.3, -0.25) is 4.79 Å². The number of benzene rings is 1. The molecule has 0 unspecified atom stereocenters. The van der Waals surface area contributed by atoms with E-state index in [9.17, 15) is 4.79 Å². The van der Waals surface area contributed by atoms with E-state index in [4.69, 9.17) is 0 Å². The maximum Gasteiger partial charge on any atom is 0.251 e. The van der Waals surface area contributed by atoms with Crippen molar-refractivity contribution in [3.8, 4) is 0 Å². The SMILES string of the molecule is O=C(NCCc1ccc(Br)s1)c1ccc2ncsc2c1. The van der Waals surface area contributed by atoms with Crippen LogP contribution in [-0.4, -0.2) is 17.4 Å². The minimum absolute atomic E-state index is 0.0316. The van der Waals surface area contributed by atoms with E-state index in [1.165, 1.54) is 4.88 Å². The number of fused-ring (bicyclic) bond motifs is 1. The van der Waals surface area contributed by atoms with E-state index in [-0.39, 0.29) is 5.91 Å². The minimum Gasteiger partial charge on any atom is -0.352 e. The van der Waals surface area contributed by atoms with Gasteiger partial charge >= 0.3 is 0 Å². The zero-order valence-corrected chi connectivity index (χ0v) is 13.6. The first-order chi connectivity index (χ1) is 9.72. The zero-order chi connectivity index (χ0) is 13.9. The van der Waals surface area contributed by atoms with E-state index in [0.29, 0.717) is 12.1 Å². The van der Waals surface area contributed by atoms with Gasteiger partial charge in [0, 0.05) is 17.0 Å². The number of hydrogen-bond donors (Lipinski definition) is 1. The van der Waals surface area contributed by atoms with Crippen LogP contribution in [0.3, 0.4) is 0 Å². The first kappa shape index (κ1) is 13.7. The fourth-order valence-corrected chi connectivity index (χ4v) is 4.08. The molecular formula is C14H11BrN2OS2. The van der Waals surface area contributed by atoms with E-state index in [1.807, 2.05) is 24.3 Å². The van der Waals surface area contributed by atoms with Crippen molar-refractivity contribution in [1.82, 2.24) is 10.3 Å². The van der Waals surface area contributed by atoms with Crippen LogP contribution >= 0.6 is 38.6 Å². The lowest BCUT2D eigenvalue weighted by Crippen LogP contribution is -2.25. The third-order valence-corrected chi connectivity index (χ3v) is 5.35. The largest absolute Gasteiger partial charge is 0.352 e. The molecule has 3 nitrogen and oxygen atoms in total. The molecule has 3 aromatic rings. The number of halogens is 1. The van der Waals surface area contributed by atoms with Crippen LogP contribution in [0.5, 0.6) is 0 Å². The van der Waals surface area contributed by atoms with Crippen LogP contribution in [0.1, 0.15) is 15.2 Å². The van der Waals surface area contributed by atoms with Crippen LogP contribution in [0, 0.1) is 0 Å². The second kappa shape index (κ2) is 6.03. The lowest BCUT2D eigenvalue weighted by Gasteiger charge is -2.04. The Hall–Kier alpha value is -1.24. The lowest BCUT2D eigenvalue weighted by molar-refractivity contribution is 0.0954. The fraction of sp³-hybridized carbons (Fsp3) is 0.143. The maximum atomic E-state index is 12.1. The Morgan fingerprint density at radius 3 is 3.00 bits per heavy atom. The van der Waals surface area contributed by atoms with Gasteiger partial charge in [-0.05, 0) is 52.7 Å². The molecule has 3 rings (SSSR count). The molecule has 0 saturated carbocycles. The molecule has 102 valence electrons. The van der Waals surface area contributed by atoms with Crippen molar-refractivity contribution in [2.45, 2.75) is 6.42 Å². The molecule has 0 spiro atoms. The summed E-state index contributed by atoms with van der Waals surface area (Å²) >= 11 is 6.68. The van der Waals surface area contributed by atoms with Crippen LogP contribution in [0.2, 0.25) is 0 Å². The number of carbonyl (C=O) groups is 1. The van der Waals surface area contributed by atoms with Crippen molar-refractivity contribution in [2.24, 2.45) is 0 Å². The highest BCUT2D eigenvalue weighted by Crippen LogP contribution is 2.22. The highest BCUT2D eigenvalue weighted by molar-refractivity contribution is 9.11. The molecule has 6 heteroatoms. The molecule has 0 atom stereocenters. The van der Waals surface area contributed by atoms with Crippen LogP contribution < -0.4 is 5.32 Å². The van der Waals surface area contributed by atoms with Gasteiger partial charge in [0.2, 0.25) is 0 Å². The number of amides is 1. The number of rotatable bonds is 4. The molecule has 0 aliphatic heterocycles. The quantitative estimate of drug-likeness (QED) is 0.755. The number of carbonyl (C=O) groups excluding carboxylic acids is 1. The Morgan fingerprint density at radius 1 is 1.30 bits per heavy atom. The smallest absolute Gasteiger partial charge is 0.251 e. The Morgan fingerprint density at radius 2 is 2.20 bits per heavy atom. The van der Waals surface area contributed by atoms with Gasteiger partial charge in [0.05, 0.1) is 19.5 Å². The van der Waals surface area contributed by atoms with Gasteiger partial charge < -0.3 is 5.32 Å². The van der Waals surface area contributed by atoms with Gasteiger partial charge in [0.1, 0.15) is 0 Å². The average molecular weight is 367 g/mol. The van der Waals surface area contributed by atoms with Crippen molar-refractivity contribution >= 4 is 54.7 Å². The highest BCUT2D eigenvalue weighted by Gasteiger charge is 2.07. The van der Waals surface area contributed by atoms with Crippen molar-refractivity contribution in [3.63, 3.8) is 0 Å². The second-order valence-corrected chi connectivity index (χ2v) is 7.68. The van der Waals surface area contributed by atoms with E-state index in [1.54, 1.807) is 28.2 Å². The summed E-state index contributed by atoms with van der Waals surface area (Å²) in [4.78, 5) is 17.5. The van der Waals surface area contributed by atoms with E-state index in [0.717, 1.165) is 20.4 Å². The molecule has 1 aromatic carbocycles. The normalized spacial score (nSPS) is 10.8. The number of nitrogens with zero attached hydrogens (tertiary/aromatic N) is 1. The average Bonchev–Trinajstić information content (AvgIpc) is 3.06. The van der Waals surface area contributed by atoms with Crippen molar-refractivity contribution < 1.29 is 4.79 Å². The predicted octanol–water partition coefficient (Wildman–Crippen LogP) is 4.09. The Kier molecular flexibility index (Phi) is 4.14. The molecule has 0 aliphatic rings. The number of aromatic nitrogens is 1. The molecule has 0 saturated heterocycles. The van der Waals surface area contributed by atoms with Crippen LogP contribution in [0.15, 0.2) is 39.6 Å². The molecule has 1 N–H and O–H groups in total. The Labute approximate surface area is 132 Å². The van der Waals surface area contributed by atoms with Gasteiger partial charge in [-0.15, -0.1) is 22.7 Å². The van der Waals surface area contributed by atoms with Gasteiger partial charge in [0.15, 0.2) is 0 Å². The second-order valence-electron chi connectivity index (χ2n) is 4.25. The van der Waals surface area contributed by atoms with Gasteiger partial charge in [0.25, 0.3) is 5.91 Å². The summed E-state index contributed by atoms with van der Waals surface area (Å²) in [6, 6.07) is 9.70. The van der Waals surface area contributed by atoms with Crippen LogP contribution in [-0.2, 0) is 6.42 Å². The van der Waals surface area contributed by atoms with E-state index >= 15 is 0 Å². The van der Waals surface area contributed by atoms with Gasteiger partial charge in [-0.2, -0.15) is 0 Å². The fourth-order valence-electron chi connectivity index (χ4n) is 1.88. The molecule has 0 aliphatic carbocycles. The predicted molar refractivity (Wildman–Crippen MR) is 87.7 cm³/mol. The standard InChI is InChI=1S/C14H11BrN2OS2/c15-13-4-2-10(20-13)5-6-16-14(18)9-1-3-11-12(7-9)19-8-17-11/h1-4,7-8H,5-6H2,(H,16,18). The molecule has 2 aromatic heterocycles. The molecule has 0 fully saturated rings. The van der Waals surface area contributed by atoms with E-state index < -0.39 is 0 Å². The van der Waals surface area contributed by atoms with Crippen LogP contribution in [0.25, 0.3) is 10.2 Å².